The summed E-state index contributed by atoms with van der Waals surface area (Å²) in [7, 11) is 2.15. The van der Waals surface area contributed by atoms with E-state index in [2.05, 4.69) is 33.2 Å². The molecule has 1 saturated heterocycles. The monoisotopic (exact) mass is 327 g/mol. The second-order valence-corrected chi connectivity index (χ2v) is 5.79. The van der Waals surface area contributed by atoms with E-state index in [9.17, 15) is 10.1 Å². The van der Waals surface area contributed by atoms with E-state index >= 15 is 0 Å². The third-order valence-electron chi connectivity index (χ3n) is 3.61. The number of anilines is 1. The molecule has 1 atom stereocenters. The molecule has 0 aromatic heterocycles. The van der Waals surface area contributed by atoms with E-state index in [1.807, 2.05) is 0 Å². The molecule has 2 rings (SSSR count). The predicted octanol–water partition coefficient (Wildman–Crippen LogP) is 3.25. The topological polar surface area (TPSA) is 58.4 Å². The highest BCUT2D eigenvalue weighted by molar-refractivity contribution is 9.10. The number of halogens is 1. The number of likely N-dealkylation sites (N-methyl/N-ethyl adjacent to an activating group) is 1. The summed E-state index contributed by atoms with van der Waals surface area (Å²) in [6.07, 6.45) is 3.76. The highest BCUT2D eigenvalue weighted by Gasteiger charge is 2.18. The van der Waals surface area contributed by atoms with E-state index in [0.717, 1.165) is 18.8 Å². The second kappa shape index (κ2) is 6.34. The number of nitro benzene ring substituents is 1. The van der Waals surface area contributed by atoms with E-state index in [1.54, 1.807) is 12.1 Å². The lowest BCUT2D eigenvalue weighted by molar-refractivity contribution is -0.385. The second-order valence-electron chi connectivity index (χ2n) is 4.93. The van der Waals surface area contributed by atoms with Crippen LogP contribution in [0.1, 0.15) is 19.3 Å². The van der Waals surface area contributed by atoms with Gasteiger partial charge in [0.15, 0.2) is 0 Å². The Labute approximate surface area is 121 Å². The number of benzene rings is 1. The molecule has 5 nitrogen and oxygen atoms in total. The Kier molecular flexibility index (Phi) is 4.76. The zero-order chi connectivity index (χ0) is 13.8. The Morgan fingerprint density at radius 2 is 2.32 bits per heavy atom. The van der Waals surface area contributed by atoms with Crippen molar-refractivity contribution in [3.05, 3.63) is 32.8 Å². The molecule has 0 amide bonds. The Morgan fingerprint density at radius 1 is 1.53 bits per heavy atom. The fraction of sp³-hybridized carbons (Fsp3) is 0.538. The van der Waals surface area contributed by atoms with Crippen molar-refractivity contribution in [2.75, 3.05) is 25.5 Å². The maximum atomic E-state index is 10.7. The highest BCUT2D eigenvalue weighted by Crippen LogP contribution is 2.28. The molecule has 6 heteroatoms. The van der Waals surface area contributed by atoms with Crippen LogP contribution in [-0.4, -0.2) is 36.0 Å². The maximum absolute atomic E-state index is 10.7. The molecule has 0 spiro atoms. The van der Waals surface area contributed by atoms with Gasteiger partial charge in [0.2, 0.25) is 0 Å². The van der Waals surface area contributed by atoms with Gasteiger partial charge in [0.1, 0.15) is 0 Å². The van der Waals surface area contributed by atoms with E-state index in [-0.39, 0.29) is 10.6 Å². The summed E-state index contributed by atoms with van der Waals surface area (Å²) < 4.78 is 0.513. The van der Waals surface area contributed by atoms with Crippen LogP contribution in [0.3, 0.4) is 0 Å². The lowest BCUT2D eigenvalue weighted by Crippen LogP contribution is -2.40. The summed E-state index contributed by atoms with van der Waals surface area (Å²) in [5.41, 5.74) is 1.01. The van der Waals surface area contributed by atoms with Gasteiger partial charge in [0.25, 0.3) is 5.69 Å². The molecule has 1 aromatic rings. The van der Waals surface area contributed by atoms with Crippen molar-refractivity contribution in [2.24, 2.45) is 0 Å². The first kappa shape index (κ1) is 14.3. The van der Waals surface area contributed by atoms with Gasteiger partial charge in [0.05, 0.1) is 9.40 Å². The molecule has 0 bridgehead atoms. The number of nitrogens with one attached hydrogen (secondary N) is 1. The summed E-state index contributed by atoms with van der Waals surface area (Å²) in [6, 6.07) is 5.59. The van der Waals surface area contributed by atoms with Crippen molar-refractivity contribution in [3.8, 4) is 0 Å². The molecule has 1 N–H and O–H groups in total. The first-order valence-electron chi connectivity index (χ1n) is 6.46. The van der Waals surface area contributed by atoms with Gasteiger partial charge in [-0.15, -0.1) is 0 Å². The SMILES string of the molecule is CN1CCCCC1CNc1ccc([N+](=O)[O-])c(Br)c1. The molecule has 1 unspecified atom stereocenters. The van der Waals surface area contributed by atoms with Gasteiger partial charge in [-0.2, -0.15) is 0 Å². The Bertz CT molecular complexity index is 467. The number of nitro groups is 1. The molecule has 104 valence electrons. The lowest BCUT2D eigenvalue weighted by atomic mass is 10.0. The zero-order valence-electron chi connectivity index (χ0n) is 10.9. The predicted molar refractivity (Wildman–Crippen MR) is 79.6 cm³/mol. The van der Waals surface area contributed by atoms with Gasteiger partial charge >= 0.3 is 0 Å². The standard InChI is InChI=1S/C13H18BrN3O2/c1-16-7-3-2-4-11(16)9-15-10-5-6-13(17(18)19)12(14)8-10/h5-6,8,11,15H,2-4,7,9H2,1H3. The Balaban J connectivity index is 1.96. The molecule has 1 aliphatic heterocycles. The normalized spacial score (nSPS) is 20.2. The summed E-state index contributed by atoms with van der Waals surface area (Å²) in [5.74, 6) is 0. The van der Waals surface area contributed by atoms with Gasteiger partial charge in [-0.05, 0) is 54.5 Å². The van der Waals surface area contributed by atoms with E-state index in [1.165, 1.54) is 25.3 Å². The molecular formula is C13H18BrN3O2. The van der Waals surface area contributed by atoms with Crippen molar-refractivity contribution in [1.29, 1.82) is 0 Å². The molecule has 1 heterocycles. The minimum atomic E-state index is -0.386. The molecule has 1 fully saturated rings. The van der Waals surface area contributed by atoms with Crippen LogP contribution in [0.5, 0.6) is 0 Å². The maximum Gasteiger partial charge on any atom is 0.283 e. The fourth-order valence-corrected chi connectivity index (χ4v) is 2.93. The summed E-state index contributed by atoms with van der Waals surface area (Å²) in [5, 5.41) is 14.1. The number of nitrogens with zero attached hydrogens (tertiary/aromatic N) is 2. The molecule has 19 heavy (non-hydrogen) atoms. The van der Waals surface area contributed by atoms with Gasteiger partial charge in [-0.3, -0.25) is 10.1 Å². The fourth-order valence-electron chi connectivity index (χ4n) is 2.40. The van der Waals surface area contributed by atoms with Gasteiger partial charge in [-0.25, -0.2) is 0 Å². The summed E-state index contributed by atoms with van der Waals surface area (Å²) >= 11 is 3.23. The lowest BCUT2D eigenvalue weighted by Gasteiger charge is -2.32. The van der Waals surface area contributed by atoms with E-state index in [0.29, 0.717) is 10.5 Å². The van der Waals surface area contributed by atoms with E-state index in [4.69, 9.17) is 0 Å². The zero-order valence-corrected chi connectivity index (χ0v) is 12.5. The van der Waals surface area contributed by atoms with Crippen LogP contribution in [0.4, 0.5) is 11.4 Å². The van der Waals surface area contributed by atoms with Crippen LogP contribution in [0.25, 0.3) is 0 Å². The van der Waals surface area contributed by atoms with Crippen LogP contribution >= 0.6 is 15.9 Å². The quantitative estimate of drug-likeness (QED) is 0.681. The molecular weight excluding hydrogens is 310 g/mol. The highest BCUT2D eigenvalue weighted by atomic mass is 79.9. The van der Waals surface area contributed by atoms with Crippen molar-refractivity contribution in [3.63, 3.8) is 0 Å². The van der Waals surface area contributed by atoms with Gasteiger partial charge in [-0.1, -0.05) is 6.42 Å². The minimum Gasteiger partial charge on any atom is -0.383 e. The first-order valence-corrected chi connectivity index (χ1v) is 7.25. The van der Waals surface area contributed by atoms with Crippen LogP contribution in [0.2, 0.25) is 0 Å². The molecule has 1 aliphatic rings. The van der Waals surface area contributed by atoms with Crippen LogP contribution in [0, 0.1) is 10.1 Å². The average molecular weight is 328 g/mol. The molecule has 0 saturated carbocycles. The Morgan fingerprint density at radius 3 is 2.95 bits per heavy atom. The van der Waals surface area contributed by atoms with Crippen molar-refractivity contribution in [2.45, 2.75) is 25.3 Å². The number of rotatable bonds is 4. The van der Waals surface area contributed by atoms with Crippen molar-refractivity contribution < 1.29 is 4.92 Å². The Hall–Kier alpha value is -1.14. The third kappa shape index (κ3) is 3.67. The number of hydrogen-bond donors (Lipinski definition) is 1. The minimum absolute atomic E-state index is 0.0975. The first-order chi connectivity index (χ1) is 9.08. The molecule has 0 aliphatic carbocycles. The molecule has 1 aromatic carbocycles. The summed E-state index contributed by atoms with van der Waals surface area (Å²) in [4.78, 5) is 12.7. The van der Waals surface area contributed by atoms with E-state index < -0.39 is 0 Å². The van der Waals surface area contributed by atoms with Gasteiger partial charge < -0.3 is 10.2 Å². The van der Waals surface area contributed by atoms with Crippen molar-refractivity contribution >= 4 is 27.3 Å². The largest absolute Gasteiger partial charge is 0.383 e. The number of likely N-dealkylation sites (tertiary alicyclic amines) is 1. The number of piperidine rings is 1. The number of hydrogen-bond acceptors (Lipinski definition) is 4. The van der Waals surface area contributed by atoms with Crippen LogP contribution in [-0.2, 0) is 0 Å². The van der Waals surface area contributed by atoms with Gasteiger partial charge in [0, 0.05) is 24.3 Å². The van der Waals surface area contributed by atoms with Crippen molar-refractivity contribution in [1.82, 2.24) is 4.90 Å². The van der Waals surface area contributed by atoms with Crippen LogP contribution in [0.15, 0.2) is 22.7 Å². The summed E-state index contributed by atoms with van der Waals surface area (Å²) in [6.45, 7) is 2.02. The average Bonchev–Trinajstić information content (AvgIpc) is 2.37. The third-order valence-corrected chi connectivity index (χ3v) is 4.24. The smallest absolute Gasteiger partial charge is 0.283 e. The molecule has 0 radical (unpaired) electrons. The van der Waals surface area contributed by atoms with Crippen LogP contribution < -0.4 is 5.32 Å².